The molecule has 0 fully saturated rings. The van der Waals surface area contributed by atoms with Crippen molar-refractivity contribution in [2.75, 3.05) is 14.2 Å². The van der Waals surface area contributed by atoms with Gasteiger partial charge in [0.2, 0.25) is 5.91 Å². The van der Waals surface area contributed by atoms with Crippen LogP contribution in [0.1, 0.15) is 18.1 Å². The molecule has 0 aliphatic carbocycles. The number of fused-ring (bicyclic) bond motifs is 2. The first kappa shape index (κ1) is 24.8. The number of allylic oxidation sites excluding steroid dienone is 1. The van der Waals surface area contributed by atoms with Gasteiger partial charge in [-0.15, -0.1) is 6.58 Å². The highest BCUT2D eigenvalue weighted by Gasteiger charge is 2.26. The van der Waals surface area contributed by atoms with Crippen molar-refractivity contribution in [3.05, 3.63) is 84.4 Å². The fourth-order valence-corrected chi connectivity index (χ4v) is 4.86. The number of aliphatic carboxylic acids is 1. The number of carbonyl (C=O) groups is 2. The fourth-order valence-electron chi connectivity index (χ4n) is 4.86. The maximum atomic E-state index is 12.0. The van der Waals surface area contributed by atoms with Gasteiger partial charge in [0.15, 0.2) is 0 Å². The number of rotatable bonds is 9. The summed E-state index contributed by atoms with van der Waals surface area (Å²) in [5, 5.41) is 16.2. The molecule has 6 nitrogen and oxygen atoms in total. The quantitative estimate of drug-likeness (QED) is 0.306. The van der Waals surface area contributed by atoms with E-state index in [1.165, 1.54) is 6.92 Å². The average molecular weight is 484 g/mol. The number of carboxylic acid groups (broad SMARTS) is 1. The van der Waals surface area contributed by atoms with Crippen LogP contribution in [-0.4, -0.2) is 37.2 Å². The molecule has 6 heteroatoms. The van der Waals surface area contributed by atoms with Crippen LogP contribution in [-0.2, 0) is 22.4 Å². The average Bonchev–Trinajstić information content (AvgIpc) is 2.86. The molecule has 4 rings (SSSR count). The van der Waals surface area contributed by atoms with Crippen LogP contribution < -0.4 is 14.8 Å². The molecule has 0 bridgehead atoms. The lowest BCUT2D eigenvalue weighted by Gasteiger charge is -2.23. The van der Waals surface area contributed by atoms with Gasteiger partial charge in [0.05, 0.1) is 14.2 Å². The van der Waals surface area contributed by atoms with Crippen LogP contribution in [0.15, 0.2) is 73.3 Å². The second-order valence-electron chi connectivity index (χ2n) is 8.62. The van der Waals surface area contributed by atoms with Crippen molar-refractivity contribution < 1.29 is 24.2 Å². The number of carbonyl (C=O) groups excluding carboxylic acids is 1. The van der Waals surface area contributed by atoms with E-state index in [-0.39, 0.29) is 6.42 Å². The number of benzene rings is 4. The summed E-state index contributed by atoms with van der Waals surface area (Å²) in [5.74, 6) is -0.263. The predicted molar refractivity (Wildman–Crippen MR) is 143 cm³/mol. The monoisotopic (exact) mass is 483 g/mol. The van der Waals surface area contributed by atoms with Gasteiger partial charge < -0.3 is 19.9 Å². The van der Waals surface area contributed by atoms with E-state index in [1.54, 1.807) is 14.2 Å². The summed E-state index contributed by atoms with van der Waals surface area (Å²) < 4.78 is 12.0. The van der Waals surface area contributed by atoms with Crippen LogP contribution in [0.4, 0.5) is 0 Å². The Morgan fingerprint density at radius 1 is 0.917 bits per heavy atom. The third-order valence-corrected chi connectivity index (χ3v) is 6.28. The summed E-state index contributed by atoms with van der Waals surface area (Å²) >= 11 is 0. The van der Waals surface area contributed by atoms with E-state index in [0.717, 1.165) is 38.2 Å². The molecule has 4 aromatic carbocycles. The molecule has 184 valence electrons. The van der Waals surface area contributed by atoms with E-state index < -0.39 is 17.9 Å². The molecule has 1 amide bonds. The smallest absolute Gasteiger partial charge is 0.326 e. The van der Waals surface area contributed by atoms with Gasteiger partial charge >= 0.3 is 5.97 Å². The Morgan fingerprint density at radius 3 is 1.89 bits per heavy atom. The van der Waals surface area contributed by atoms with E-state index in [9.17, 15) is 14.7 Å². The third-order valence-electron chi connectivity index (χ3n) is 6.28. The van der Waals surface area contributed by atoms with Crippen LogP contribution in [0.5, 0.6) is 11.5 Å². The van der Waals surface area contributed by atoms with E-state index in [1.807, 2.05) is 54.6 Å². The van der Waals surface area contributed by atoms with Crippen molar-refractivity contribution in [1.29, 1.82) is 0 Å². The molecule has 0 saturated carbocycles. The number of nitrogens with one attached hydrogen (secondary N) is 1. The van der Waals surface area contributed by atoms with Crippen LogP contribution in [0.25, 0.3) is 32.7 Å². The summed E-state index contributed by atoms with van der Waals surface area (Å²) in [6, 6.07) is 18.9. The maximum absolute atomic E-state index is 12.0. The Labute approximate surface area is 210 Å². The first-order valence-electron chi connectivity index (χ1n) is 11.7. The minimum Gasteiger partial charge on any atom is -0.496 e. The van der Waals surface area contributed by atoms with Crippen molar-refractivity contribution in [3.63, 3.8) is 0 Å². The molecule has 2 N–H and O–H groups in total. The molecular weight excluding hydrogens is 454 g/mol. The lowest BCUT2D eigenvalue weighted by molar-refractivity contribution is -0.141. The van der Waals surface area contributed by atoms with Gasteiger partial charge in [0.1, 0.15) is 17.5 Å². The number of amides is 1. The summed E-state index contributed by atoms with van der Waals surface area (Å²) in [7, 11) is 3.23. The van der Waals surface area contributed by atoms with Crippen molar-refractivity contribution in [2.45, 2.75) is 25.8 Å². The van der Waals surface area contributed by atoms with Crippen LogP contribution in [0.2, 0.25) is 0 Å². The summed E-state index contributed by atoms with van der Waals surface area (Å²) in [4.78, 5) is 23.7. The highest BCUT2D eigenvalue weighted by molar-refractivity contribution is 6.11. The SMILES string of the molecule is C=CCc1cc2ccccc2c(-c2c(OC)c(C[C@@H](NC(C)=O)C(=O)O)cc3ccccc23)c1OC. The fraction of sp³-hybridized carbons (Fsp3) is 0.200. The van der Waals surface area contributed by atoms with Gasteiger partial charge in [0, 0.05) is 24.5 Å². The second-order valence-corrected chi connectivity index (χ2v) is 8.62. The van der Waals surface area contributed by atoms with Gasteiger partial charge in [-0.3, -0.25) is 4.79 Å². The van der Waals surface area contributed by atoms with Crippen molar-refractivity contribution in [1.82, 2.24) is 5.32 Å². The standard InChI is InChI=1S/C30H29NO5/c1-5-10-21-15-19-11-6-8-13-23(19)26(28(21)35-3)27-24-14-9-7-12-20(24)16-22(29(27)36-4)17-25(30(33)34)31-18(2)32/h5-9,11-16,25H,1,10,17H2,2-4H3,(H,31,32)(H,33,34)/t25-/m1/s1. The highest BCUT2D eigenvalue weighted by Crippen LogP contribution is 2.48. The number of methoxy groups -OCH3 is 2. The van der Waals surface area contributed by atoms with Gasteiger partial charge in [0.25, 0.3) is 0 Å². The Balaban J connectivity index is 2.12. The zero-order valence-electron chi connectivity index (χ0n) is 20.6. The van der Waals surface area contributed by atoms with Crippen molar-refractivity contribution in [3.8, 4) is 22.6 Å². The maximum Gasteiger partial charge on any atom is 0.326 e. The first-order valence-corrected chi connectivity index (χ1v) is 11.7. The molecule has 0 radical (unpaired) electrons. The topological polar surface area (TPSA) is 84.9 Å². The predicted octanol–water partition coefficient (Wildman–Crippen LogP) is 5.54. The summed E-state index contributed by atoms with van der Waals surface area (Å²) in [6.07, 6.45) is 2.51. The minimum atomic E-state index is -1.11. The van der Waals surface area contributed by atoms with Gasteiger partial charge in [-0.05, 0) is 51.2 Å². The van der Waals surface area contributed by atoms with Gasteiger partial charge in [-0.25, -0.2) is 4.79 Å². The van der Waals surface area contributed by atoms with E-state index >= 15 is 0 Å². The molecule has 0 heterocycles. The zero-order valence-corrected chi connectivity index (χ0v) is 20.6. The van der Waals surface area contributed by atoms with Crippen molar-refractivity contribution in [2.24, 2.45) is 0 Å². The molecule has 4 aromatic rings. The Kier molecular flexibility index (Phi) is 7.25. The molecule has 0 spiro atoms. The summed E-state index contributed by atoms with van der Waals surface area (Å²) in [6.45, 7) is 5.22. The van der Waals surface area contributed by atoms with Gasteiger partial charge in [-0.2, -0.15) is 0 Å². The Morgan fingerprint density at radius 2 is 1.42 bits per heavy atom. The van der Waals surface area contributed by atoms with Crippen LogP contribution in [0, 0.1) is 0 Å². The number of hydrogen-bond donors (Lipinski definition) is 2. The molecule has 1 atom stereocenters. The highest BCUT2D eigenvalue weighted by atomic mass is 16.5. The molecule has 0 unspecified atom stereocenters. The number of hydrogen-bond acceptors (Lipinski definition) is 4. The summed E-state index contributed by atoms with van der Waals surface area (Å²) in [5.41, 5.74) is 3.34. The van der Waals surface area contributed by atoms with Gasteiger partial charge in [-0.1, -0.05) is 54.6 Å². The Bertz CT molecular complexity index is 1470. The zero-order chi connectivity index (χ0) is 25.8. The lowest BCUT2D eigenvalue weighted by Crippen LogP contribution is -2.41. The second kappa shape index (κ2) is 10.5. The molecule has 0 aliphatic rings. The first-order chi connectivity index (χ1) is 17.4. The molecule has 0 aliphatic heterocycles. The van der Waals surface area contributed by atoms with E-state index in [0.29, 0.717) is 23.5 Å². The molecule has 0 saturated heterocycles. The molecule has 36 heavy (non-hydrogen) atoms. The van der Waals surface area contributed by atoms with Crippen LogP contribution in [0.3, 0.4) is 0 Å². The molecular formula is C30H29NO5. The third kappa shape index (κ3) is 4.62. The normalized spacial score (nSPS) is 11.8. The Hall–Kier alpha value is -4.32. The number of carboxylic acids is 1. The minimum absolute atomic E-state index is 0.0581. The largest absolute Gasteiger partial charge is 0.496 e. The van der Waals surface area contributed by atoms with Crippen LogP contribution >= 0.6 is 0 Å². The van der Waals surface area contributed by atoms with Crippen molar-refractivity contribution >= 4 is 33.4 Å². The van der Waals surface area contributed by atoms with E-state index in [4.69, 9.17) is 9.47 Å². The number of ether oxygens (including phenoxy) is 2. The lowest BCUT2D eigenvalue weighted by atomic mass is 9.87. The molecule has 0 aromatic heterocycles. The van der Waals surface area contributed by atoms with E-state index in [2.05, 4.69) is 24.0 Å².